The van der Waals surface area contributed by atoms with E-state index >= 15 is 0 Å². The highest BCUT2D eigenvalue weighted by atomic mass is 16.5. The van der Waals surface area contributed by atoms with Crippen LogP contribution in [-0.2, 0) is 28.6 Å². The van der Waals surface area contributed by atoms with Gasteiger partial charge < -0.3 is 19.1 Å². The lowest BCUT2D eigenvalue weighted by molar-refractivity contribution is -0.154. The zero-order valence-corrected chi connectivity index (χ0v) is 12.0. The van der Waals surface area contributed by atoms with Gasteiger partial charge in [-0.1, -0.05) is 0 Å². The fraction of sp³-hybridized carbons (Fsp3) is 0.750. The van der Waals surface area contributed by atoms with Gasteiger partial charge in [0.25, 0.3) is 0 Å². The summed E-state index contributed by atoms with van der Waals surface area (Å²) in [6.45, 7) is 2.87. The zero-order chi connectivity index (χ0) is 15.1. The van der Waals surface area contributed by atoms with Gasteiger partial charge in [0.1, 0.15) is 13.1 Å². The Balaban J connectivity index is 4.76. The van der Waals surface area contributed by atoms with Crippen molar-refractivity contribution in [3.8, 4) is 0 Å². The molecule has 0 saturated heterocycles. The Morgan fingerprint density at radius 3 is 1.68 bits per heavy atom. The highest BCUT2D eigenvalue weighted by Gasteiger charge is 2.27. The summed E-state index contributed by atoms with van der Waals surface area (Å²) in [5, 5.41) is 0. The van der Waals surface area contributed by atoms with Crippen molar-refractivity contribution in [3.63, 3.8) is 0 Å². The molecule has 0 heterocycles. The van der Waals surface area contributed by atoms with Gasteiger partial charge in [-0.25, -0.2) is 0 Å². The van der Waals surface area contributed by atoms with Crippen LogP contribution in [0.15, 0.2) is 0 Å². The fourth-order valence-electron chi connectivity index (χ4n) is 1.22. The van der Waals surface area contributed by atoms with E-state index < -0.39 is 17.5 Å². The average molecular weight is 275 g/mol. The highest BCUT2D eigenvalue weighted by molar-refractivity contribution is 5.86. The number of nitrogens with zero attached hydrogens (tertiary/aromatic N) is 1. The standard InChI is InChI=1S/C12H21NO6/c1-12(2,19-5)6-9(14)13(7-10(15)17-3)8-11(16)18-4/h6-8H2,1-5H3. The van der Waals surface area contributed by atoms with E-state index in [9.17, 15) is 14.4 Å². The third kappa shape index (κ3) is 6.76. The molecule has 0 radical (unpaired) electrons. The lowest BCUT2D eigenvalue weighted by Crippen LogP contribution is -2.43. The molecule has 0 bridgehead atoms. The Labute approximate surface area is 112 Å². The molecule has 0 atom stereocenters. The fourth-order valence-corrected chi connectivity index (χ4v) is 1.22. The van der Waals surface area contributed by atoms with Crippen LogP contribution in [0.2, 0.25) is 0 Å². The molecule has 19 heavy (non-hydrogen) atoms. The van der Waals surface area contributed by atoms with E-state index in [1.165, 1.54) is 21.3 Å². The molecule has 0 aliphatic carbocycles. The number of hydrogen-bond donors (Lipinski definition) is 0. The summed E-state index contributed by atoms with van der Waals surface area (Å²) >= 11 is 0. The maximum atomic E-state index is 12.1. The van der Waals surface area contributed by atoms with Crippen molar-refractivity contribution in [3.05, 3.63) is 0 Å². The number of carbonyl (C=O) groups is 3. The molecule has 0 rings (SSSR count). The second kappa shape index (κ2) is 7.73. The topological polar surface area (TPSA) is 82.1 Å². The Hall–Kier alpha value is -1.63. The minimum atomic E-state index is -0.679. The van der Waals surface area contributed by atoms with Crippen LogP contribution in [0.3, 0.4) is 0 Å². The van der Waals surface area contributed by atoms with Crippen molar-refractivity contribution >= 4 is 17.8 Å². The van der Waals surface area contributed by atoms with Gasteiger partial charge >= 0.3 is 11.9 Å². The maximum Gasteiger partial charge on any atom is 0.325 e. The molecule has 0 unspecified atom stereocenters. The van der Waals surface area contributed by atoms with Crippen LogP contribution in [0.4, 0.5) is 0 Å². The van der Waals surface area contributed by atoms with Crippen LogP contribution >= 0.6 is 0 Å². The number of methoxy groups -OCH3 is 3. The van der Waals surface area contributed by atoms with E-state index in [2.05, 4.69) is 9.47 Å². The Bertz CT molecular complexity index is 321. The van der Waals surface area contributed by atoms with Crippen molar-refractivity contribution in [2.24, 2.45) is 0 Å². The normalized spacial score (nSPS) is 10.8. The molecule has 0 aliphatic heterocycles. The summed E-state index contributed by atoms with van der Waals surface area (Å²) < 4.78 is 14.1. The summed E-state index contributed by atoms with van der Waals surface area (Å²) in [5.74, 6) is -1.59. The van der Waals surface area contributed by atoms with Crippen molar-refractivity contribution in [2.45, 2.75) is 25.9 Å². The molecule has 0 aromatic carbocycles. The number of rotatable bonds is 7. The molecule has 7 heteroatoms. The van der Waals surface area contributed by atoms with Gasteiger partial charge in [0.05, 0.1) is 26.2 Å². The monoisotopic (exact) mass is 275 g/mol. The molecule has 0 spiro atoms. The summed E-state index contributed by atoms with van der Waals surface area (Å²) in [6, 6.07) is 0. The summed E-state index contributed by atoms with van der Waals surface area (Å²) in [4.78, 5) is 35.6. The van der Waals surface area contributed by atoms with Crippen LogP contribution in [0.25, 0.3) is 0 Å². The minimum absolute atomic E-state index is 0.0392. The van der Waals surface area contributed by atoms with Crippen LogP contribution in [-0.4, -0.2) is 62.8 Å². The second-order valence-electron chi connectivity index (χ2n) is 4.54. The molecule has 7 nitrogen and oxygen atoms in total. The van der Waals surface area contributed by atoms with Gasteiger partial charge in [-0.15, -0.1) is 0 Å². The van der Waals surface area contributed by atoms with Gasteiger partial charge in [0, 0.05) is 7.11 Å². The second-order valence-corrected chi connectivity index (χ2v) is 4.54. The first-order chi connectivity index (χ1) is 8.75. The molecule has 110 valence electrons. The van der Waals surface area contributed by atoms with Crippen LogP contribution in [0, 0.1) is 0 Å². The van der Waals surface area contributed by atoms with Gasteiger partial charge in [0.15, 0.2) is 0 Å². The Morgan fingerprint density at radius 1 is 0.947 bits per heavy atom. The number of esters is 2. The van der Waals surface area contributed by atoms with Gasteiger partial charge in [-0.2, -0.15) is 0 Å². The third-order valence-electron chi connectivity index (χ3n) is 2.58. The Morgan fingerprint density at radius 2 is 1.37 bits per heavy atom. The number of carbonyl (C=O) groups excluding carboxylic acids is 3. The molecular formula is C12H21NO6. The van der Waals surface area contributed by atoms with Crippen molar-refractivity contribution in [1.29, 1.82) is 0 Å². The van der Waals surface area contributed by atoms with E-state index in [1.54, 1.807) is 13.8 Å². The quantitative estimate of drug-likeness (QED) is 0.607. The molecule has 0 saturated carbocycles. The van der Waals surface area contributed by atoms with Crippen LogP contribution in [0.5, 0.6) is 0 Å². The molecule has 1 amide bonds. The SMILES string of the molecule is COC(=O)CN(CC(=O)OC)C(=O)CC(C)(C)OC. The highest BCUT2D eigenvalue weighted by Crippen LogP contribution is 2.14. The molecule has 0 fully saturated rings. The first-order valence-electron chi connectivity index (χ1n) is 5.72. The largest absolute Gasteiger partial charge is 0.468 e. The number of ether oxygens (including phenoxy) is 3. The molecule has 0 aromatic rings. The molecule has 0 aliphatic rings. The van der Waals surface area contributed by atoms with Crippen molar-refractivity contribution in [1.82, 2.24) is 4.90 Å². The molecular weight excluding hydrogens is 254 g/mol. The van der Waals surface area contributed by atoms with Gasteiger partial charge in [-0.05, 0) is 13.8 Å². The lowest BCUT2D eigenvalue weighted by atomic mass is 10.0. The number of amides is 1. The molecule has 0 aromatic heterocycles. The minimum Gasteiger partial charge on any atom is -0.468 e. The molecule has 0 N–H and O–H groups in total. The third-order valence-corrected chi connectivity index (χ3v) is 2.58. The summed E-state index contributed by atoms with van der Waals surface area (Å²) in [5.41, 5.74) is -0.679. The Kier molecular flexibility index (Phi) is 7.06. The van der Waals surface area contributed by atoms with E-state index in [4.69, 9.17) is 4.74 Å². The summed E-state index contributed by atoms with van der Waals surface area (Å²) in [7, 11) is 3.91. The first-order valence-corrected chi connectivity index (χ1v) is 5.72. The predicted octanol–water partition coefficient (Wildman–Crippen LogP) is -0.0239. The van der Waals surface area contributed by atoms with E-state index in [-0.39, 0.29) is 25.4 Å². The van der Waals surface area contributed by atoms with Crippen LogP contribution < -0.4 is 0 Å². The zero-order valence-electron chi connectivity index (χ0n) is 12.0. The van der Waals surface area contributed by atoms with E-state index in [1.807, 2.05) is 0 Å². The summed E-state index contributed by atoms with van der Waals surface area (Å²) in [6.07, 6.45) is 0.0392. The predicted molar refractivity (Wildman–Crippen MR) is 66.3 cm³/mol. The smallest absolute Gasteiger partial charge is 0.325 e. The average Bonchev–Trinajstić information content (AvgIpc) is 2.36. The lowest BCUT2D eigenvalue weighted by Gasteiger charge is -2.26. The first kappa shape index (κ1) is 17.4. The maximum absolute atomic E-state index is 12.1. The van der Waals surface area contributed by atoms with E-state index in [0.29, 0.717) is 0 Å². The van der Waals surface area contributed by atoms with Crippen molar-refractivity contribution in [2.75, 3.05) is 34.4 Å². The van der Waals surface area contributed by atoms with Gasteiger partial charge in [0.2, 0.25) is 5.91 Å². The van der Waals surface area contributed by atoms with E-state index in [0.717, 1.165) is 4.90 Å². The van der Waals surface area contributed by atoms with Gasteiger partial charge in [-0.3, -0.25) is 14.4 Å². The van der Waals surface area contributed by atoms with Crippen molar-refractivity contribution < 1.29 is 28.6 Å². The number of hydrogen-bond acceptors (Lipinski definition) is 6. The van der Waals surface area contributed by atoms with Crippen LogP contribution in [0.1, 0.15) is 20.3 Å².